The molecule has 2 rings (SSSR count). The second kappa shape index (κ2) is 3.71. The summed E-state index contributed by atoms with van der Waals surface area (Å²) in [6.45, 7) is 0.861. The fourth-order valence-corrected chi connectivity index (χ4v) is 1.63. The zero-order valence-electron chi connectivity index (χ0n) is 7.40. The molecule has 1 aliphatic heterocycles. The molecule has 0 spiro atoms. The number of benzene rings is 1. The standard InChI is InChI=1S/C11H12O2/c12-8-9-3-5-10(6-4-9)11-2-1-7-13-11/h3-6,8,11H,1-2,7H2. The van der Waals surface area contributed by atoms with E-state index in [-0.39, 0.29) is 6.10 Å². The fourth-order valence-electron chi connectivity index (χ4n) is 1.63. The van der Waals surface area contributed by atoms with Crippen LogP contribution in [0, 0.1) is 0 Å². The summed E-state index contributed by atoms with van der Waals surface area (Å²) in [6.07, 6.45) is 3.35. The lowest BCUT2D eigenvalue weighted by Crippen LogP contribution is -1.95. The Hall–Kier alpha value is -1.15. The van der Waals surface area contributed by atoms with Crippen molar-refractivity contribution in [1.82, 2.24) is 0 Å². The first-order chi connectivity index (χ1) is 6.40. The molecule has 68 valence electrons. The van der Waals surface area contributed by atoms with Gasteiger partial charge >= 0.3 is 0 Å². The molecular formula is C11H12O2. The van der Waals surface area contributed by atoms with Gasteiger partial charge in [0.2, 0.25) is 0 Å². The van der Waals surface area contributed by atoms with Crippen molar-refractivity contribution in [3.05, 3.63) is 35.4 Å². The van der Waals surface area contributed by atoms with E-state index in [0.717, 1.165) is 31.3 Å². The number of carbonyl (C=O) groups is 1. The number of aldehydes is 1. The monoisotopic (exact) mass is 176 g/mol. The van der Waals surface area contributed by atoms with Crippen LogP contribution < -0.4 is 0 Å². The van der Waals surface area contributed by atoms with Crippen LogP contribution in [0.25, 0.3) is 0 Å². The Morgan fingerprint density at radius 3 is 2.62 bits per heavy atom. The Morgan fingerprint density at radius 1 is 1.31 bits per heavy atom. The van der Waals surface area contributed by atoms with E-state index in [1.807, 2.05) is 24.3 Å². The van der Waals surface area contributed by atoms with Gasteiger partial charge in [0.1, 0.15) is 6.29 Å². The highest BCUT2D eigenvalue weighted by Gasteiger charge is 2.16. The molecule has 0 N–H and O–H groups in total. The van der Waals surface area contributed by atoms with E-state index in [1.54, 1.807) is 0 Å². The average molecular weight is 176 g/mol. The van der Waals surface area contributed by atoms with E-state index < -0.39 is 0 Å². The molecular weight excluding hydrogens is 164 g/mol. The first-order valence-electron chi connectivity index (χ1n) is 4.57. The van der Waals surface area contributed by atoms with E-state index in [2.05, 4.69) is 0 Å². The minimum absolute atomic E-state index is 0.251. The minimum Gasteiger partial charge on any atom is -0.374 e. The van der Waals surface area contributed by atoms with Crippen LogP contribution in [-0.4, -0.2) is 12.9 Å². The molecule has 0 amide bonds. The quantitative estimate of drug-likeness (QED) is 0.646. The summed E-state index contributed by atoms with van der Waals surface area (Å²) in [5.41, 5.74) is 1.91. The topological polar surface area (TPSA) is 26.3 Å². The fraction of sp³-hybridized carbons (Fsp3) is 0.364. The molecule has 2 nitrogen and oxygen atoms in total. The van der Waals surface area contributed by atoms with E-state index in [4.69, 9.17) is 4.74 Å². The Morgan fingerprint density at radius 2 is 2.08 bits per heavy atom. The highest BCUT2D eigenvalue weighted by Crippen LogP contribution is 2.28. The lowest BCUT2D eigenvalue weighted by atomic mass is 10.1. The summed E-state index contributed by atoms with van der Waals surface area (Å²) in [5.74, 6) is 0. The Balaban J connectivity index is 2.16. The van der Waals surface area contributed by atoms with Gasteiger partial charge in [-0.3, -0.25) is 4.79 Å². The van der Waals surface area contributed by atoms with E-state index in [9.17, 15) is 4.79 Å². The molecule has 1 aromatic carbocycles. The van der Waals surface area contributed by atoms with Crippen molar-refractivity contribution in [2.24, 2.45) is 0 Å². The van der Waals surface area contributed by atoms with Gasteiger partial charge in [0, 0.05) is 12.2 Å². The third-order valence-electron chi connectivity index (χ3n) is 2.37. The van der Waals surface area contributed by atoms with E-state index in [1.165, 1.54) is 5.56 Å². The van der Waals surface area contributed by atoms with Crippen LogP contribution >= 0.6 is 0 Å². The molecule has 1 aromatic rings. The first-order valence-corrected chi connectivity index (χ1v) is 4.57. The van der Waals surface area contributed by atoms with Gasteiger partial charge in [0.15, 0.2) is 0 Å². The van der Waals surface area contributed by atoms with Crippen LogP contribution in [0.3, 0.4) is 0 Å². The highest BCUT2D eigenvalue weighted by molar-refractivity contribution is 5.74. The molecule has 1 unspecified atom stereocenters. The molecule has 1 atom stereocenters. The molecule has 13 heavy (non-hydrogen) atoms. The van der Waals surface area contributed by atoms with E-state index in [0.29, 0.717) is 0 Å². The average Bonchev–Trinajstić information content (AvgIpc) is 2.71. The molecule has 1 saturated heterocycles. The molecule has 0 aliphatic carbocycles. The highest BCUT2D eigenvalue weighted by atomic mass is 16.5. The minimum atomic E-state index is 0.251. The van der Waals surface area contributed by atoms with Gasteiger partial charge in [0.25, 0.3) is 0 Å². The van der Waals surface area contributed by atoms with Crippen molar-refractivity contribution >= 4 is 6.29 Å². The second-order valence-corrected chi connectivity index (χ2v) is 3.29. The zero-order valence-corrected chi connectivity index (χ0v) is 7.40. The predicted octanol–water partition coefficient (Wildman–Crippen LogP) is 2.35. The van der Waals surface area contributed by atoms with Crippen LogP contribution in [0.5, 0.6) is 0 Å². The Labute approximate surface area is 77.5 Å². The maximum Gasteiger partial charge on any atom is 0.150 e. The molecule has 1 aliphatic rings. The smallest absolute Gasteiger partial charge is 0.150 e. The number of hydrogen-bond acceptors (Lipinski definition) is 2. The van der Waals surface area contributed by atoms with Crippen LogP contribution in [0.2, 0.25) is 0 Å². The number of hydrogen-bond donors (Lipinski definition) is 0. The van der Waals surface area contributed by atoms with Crippen molar-refractivity contribution in [2.75, 3.05) is 6.61 Å². The summed E-state index contributed by atoms with van der Waals surface area (Å²) in [6, 6.07) is 7.62. The van der Waals surface area contributed by atoms with Gasteiger partial charge in [-0.25, -0.2) is 0 Å². The van der Waals surface area contributed by atoms with Crippen molar-refractivity contribution in [2.45, 2.75) is 18.9 Å². The van der Waals surface area contributed by atoms with Gasteiger partial charge in [-0.05, 0) is 18.4 Å². The van der Waals surface area contributed by atoms with Crippen molar-refractivity contribution in [1.29, 1.82) is 0 Å². The summed E-state index contributed by atoms with van der Waals surface area (Å²) < 4.78 is 5.52. The lowest BCUT2D eigenvalue weighted by Gasteiger charge is -2.08. The summed E-state index contributed by atoms with van der Waals surface area (Å²) in [4.78, 5) is 10.4. The lowest BCUT2D eigenvalue weighted by molar-refractivity contribution is 0.111. The number of carbonyl (C=O) groups excluding carboxylic acids is 1. The second-order valence-electron chi connectivity index (χ2n) is 3.29. The van der Waals surface area contributed by atoms with Gasteiger partial charge in [-0.2, -0.15) is 0 Å². The van der Waals surface area contributed by atoms with Crippen LogP contribution in [-0.2, 0) is 4.74 Å². The molecule has 2 heteroatoms. The number of rotatable bonds is 2. The molecule has 0 saturated carbocycles. The van der Waals surface area contributed by atoms with Crippen molar-refractivity contribution in [3.8, 4) is 0 Å². The third-order valence-corrected chi connectivity index (χ3v) is 2.37. The van der Waals surface area contributed by atoms with Crippen LogP contribution in [0.4, 0.5) is 0 Å². The van der Waals surface area contributed by atoms with Gasteiger partial charge in [-0.15, -0.1) is 0 Å². The predicted molar refractivity (Wildman–Crippen MR) is 49.8 cm³/mol. The molecule has 1 heterocycles. The van der Waals surface area contributed by atoms with Gasteiger partial charge in [-0.1, -0.05) is 24.3 Å². The zero-order chi connectivity index (χ0) is 9.10. The SMILES string of the molecule is O=Cc1ccc(C2CCCO2)cc1. The summed E-state index contributed by atoms with van der Waals surface area (Å²) in [5, 5.41) is 0. The Kier molecular flexibility index (Phi) is 2.41. The molecule has 1 fully saturated rings. The maximum absolute atomic E-state index is 10.4. The first kappa shape index (κ1) is 8.45. The largest absolute Gasteiger partial charge is 0.374 e. The van der Waals surface area contributed by atoms with Gasteiger partial charge in [0.05, 0.1) is 6.10 Å². The third kappa shape index (κ3) is 1.78. The summed E-state index contributed by atoms with van der Waals surface area (Å²) >= 11 is 0. The van der Waals surface area contributed by atoms with Crippen LogP contribution in [0.1, 0.15) is 34.9 Å². The normalized spacial score (nSPS) is 21.7. The van der Waals surface area contributed by atoms with E-state index >= 15 is 0 Å². The van der Waals surface area contributed by atoms with Crippen molar-refractivity contribution in [3.63, 3.8) is 0 Å². The maximum atomic E-state index is 10.4. The summed E-state index contributed by atoms with van der Waals surface area (Å²) in [7, 11) is 0. The number of ether oxygens (including phenoxy) is 1. The van der Waals surface area contributed by atoms with Gasteiger partial charge < -0.3 is 4.74 Å². The Bertz CT molecular complexity index is 283. The molecule has 0 bridgehead atoms. The van der Waals surface area contributed by atoms with Crippen LogP contribution in [0.15, 0.2) is 24.3 Å². The molecule has 0 radical (unpaired) electrons. The molecule has 0 aromatic heterocycles. The van der Waals surface area contributed by atoms with Crippen molar-refractivity contribution < 1.29 is 9.53 Å².